The van der Waals surface area contributed by atoms with Crippen molar-refractivity contribution >= 4 is 22.1 Å². The fraction of sp³-hybridized carbons (Fsp3) is 0.182. The number of nitrogens with zero attached hydrogens (tertiary/aromatic N) is 1. The molecule has 0 aliphatic rings. The molecular weight excluding hydrogens is 210 g/mol. The van der Waals surface area contributed by atoms with Crippen LogP contribution in [-0.4, -0.2) is 20.9 Å². The maximum absolute atomic E-state index is 11.1. The first-order valence-corrected chi connectivity index (χ1v) is 6.27. The van der Waals surface area contributed by atoms with Gasteiger partial charge in [0.15, 0.2) is 0 Å². The Labute approximate surface area is 91.0 Å². The number of hydrogen-bond donors (Lipinski definition) is 1. The van der Waals surface area contributed by atoms with Crippen LogP contribution in [0.3, 0.4) is 0 Å². The van der Waals surface area contributed by atoms with E-state index in [0.717, 1.165) is 5.52 Å². The summed E-state index contributed by atoms with van der Waals surface area (Å²) in [5.41, 5.74) is 1.38. The van der Waals surface area contributed by atoms with Crippen LogP contribution in [0.5, 0.6) is 5.75 Å². The lowest BCUT2D eigenvalue weighted by Crippen LogP contribution is -2.01. The third-order valence-corrected chi connectivity index (χ3v) is 2.90. The maximum atomic E-state index is 11.1. The van der Waals surface area contributed by atoms with Gasteiger partial charge in [-0.1, -0.05) is 23.3 Å². The number of benzene rings is 1. The number of rotatable bonds is 2. The lowest BCUT2D eigenvalue weighted by atomic mass is 10.1. The van der Waals surface area contributed by atoms with Crippen molar-refractivity contribution in [3.8, 4) is 5.75 Å². The number of aromatic nitrogens is 1. The average molecular weight is 221 g/mol. The van der Waals surface area contributed by atoms with Gasteiger partial charge in [-0.05, 0) is 12.1 Å². The summed E-state index contributed by atoms with van der Waals surface area (Å²) in [6.45, 7) is 0. The zero-order valence-corrected chi connectivity index (χ0v) is 9.12. The zero-order valence-electron chi connectivity index (χ0n) is 8.30. The second-order valence-electron chi connectivity index (χ2n) is 3.37. The fourth-order valence-corrected chi connectivity index (χ4v) is 2.14. The summed E-state index contributed by atoms with van der Waals surface area (Å²) in [4.78, 5) is 4.20. The van der Waals surface area contributed by atoms with Crippen molar-refractivity contribution in [2.45, 2.75) is 5.75 Å². The quantitative estimate of drug-likeness (QED) is 0.787. The second kappa shape index (κ2) is 4.08. The molecule has 1 aromatic heterocycles. The smallest absolute Gasteiger partial charge is 0.135 e. The van der Waals surface area contributed by atoms with E-state index in [-0.39, 0.29) is 5.75 Å². The van der Waals surface area contributed by atoms with Gasteiger partial charge in [0.25, 0.3) is 0 Å². The SMILES string of the molecule is C[S+]([O-])Cc1cnc2ccccc2c1O. The molecule has 3 nitrogen and oxygen atoms in total. The molecule has 78 valence electrons. The van der Waals surface area contributed by atoms with E-state index in [2.05, 4.69) is 4.98 Å². The van der Waals surface area contributed by atoms with E-state index in [1.54, 1.807) is 18.5 Å². The molecule has 1 unspecified atom stereocenters. The van der Waals surface area contributed by atoms with Crippen LogP contribution in [0.2, 0.25) is 0 Å². The summed E-state index contributed by atoms with van der Waals surface area (Å²) in [7, 11) is 0. The van der Waals surface area contributed by atoms with Crippen molar-refractivity contribution < 1.29 is 9.66 Å². The van der Waals surface area contributed by atoms with Gasteiger partial charge in [-0.3, -0.25) is 4.98 Å². The van der Waals surface area contributed by atoms with Gasteiger partial charge in [-0.25, -0.2) is 0 Å². The van der Waals surface area contributed by atoms with Gasteiger partial charge in [0.1, 0.15) is 11.5 Å². The minimum absolute atomic E-state index is 0.191. The Morgan fingerprint density at radius 1 is 1.40 bits per heavy atom. The highest BCUT2D eigenvalue weighted by Gasteiger charge is 2.10. The van der Waals surface area contributed by atoms with Crippen LogP contribution in [0.4, 0.5) is 0 Å². The molecule has 0 saturated carbocycles. The number of fused-ring (bicyclic) bond motifs is 1. The molecule has 15 heavy (non-hydrogen) atoms. The number of pyridine rings is 1. The van der Waals surface area contributed by atoms with Crippen molar-refractivity contribution in [2.24, 2.45) is 0 Å². The van der Waals surface area contributed by atoms with E-state index in [0.29, 0.717) is 16.7 Å². The molecule has 4 heteroatoms. The normalized spacial score (nSPS) is 12.9. The topological polar surface area (TPSA) is 56.2 Å². The monoisotopic (exact) mass is 221 g/mol. The molecule has 0 fully saturated rings. The van der Waals surface area contributed by atoms with E-state index >= 15 is 0 Å². The average Bonchev–Trinajstić information content (AvgIpc) is 2.22. The number of hydrogen-bond acceptors (Lipinski definition) is 3. The highest BCUT2D eigenvalue weighted by molar-refractivity contribution is 7.89. The maximum Gasteiger partial charge on any atom is 0.135 e. The Bertz CT molecular complexity index is 485. The summed E-state index contributed by atoms with van der Waals surface area (Å²) in [5, 5.41) is 10.6. The second-order valence-corrected chi connectivity index (χ2v) is 4.80. The fourth-order valence-electron chi connectivity index (χ4n) is 1.49. The first-order valence-electron chi connectivity index (χ1n) is 4.54. The van der Waals surface area contributed by atoms with Crippen LogP contribution in [0.1, 0.15) is 5.56 Å². The summed E-state index contributed by atoms with van der Waals surface area (Å²) in [6.07, 6.45) is 3.19. The van der Waals surface area contributed by atoms with Gasteiger partial charge in [0, 0.05) is 11.6 Å². The lowest BCUT2D eigenvalue weighted by Gasteiger charge is -2.08. The highest BCUT2D eigenvalue weighted by atomic mass is 32.2. The zero-order chi connectivity index (χ0) is 10.8. The molecule has 0 bridgehead atoms. The number of para-hydroxylation sites is 1. The van der Waals surface area contributed by atoms with Gasteiger partial charge >= 0.3 is 0 Å². The summed E-state index contributed by atoms with van der Waals surface area (Å²) in [6, 6.07) is 7.35. The molecule has 0 amide bonds. The van der Waals surface area contributed by atoms with Gasteiger partial charge in [-0.2, -0.15) is 0 Å². The molecule has 2 aromatic rings. The number of aromatic hydroxyl groups is 1. The van der Waals surface area contributed by atoms with Crippen LogP contribution in [0.25, 0.3) is 10.9 Å². The molecule has 0 radical (unpaired) electrons. The van der Waals surface area contributed by atoms with Crippen molar-refractivity contribution in [1.82, 2.24) is 4.98 Å². The molecule has 0 aliphatic heterocycles. The predicted molar refractivity (Wildman–Crippen MR) is 61.2 cm³/mol. The van der Waals surface area contributed by atoms with E-state index < -0.39 is 11.2 Å². The molecule has 1 aromatic carbocycles. The van der Waals surface area contributed by atoms with Crippen LogP contribution >= 0.6 is 0 Å². The van der Waals surface area contributed by atoms with Crippen LogP contribution in [0, 0.1) is 0 Å². The molecule has 0 saturated heterocycles. The summed E-state index contributed by atoms with van der Waals surface area (Å²) in [5.74, 6) is 0.528. The van der Waals surface area contributed by atoms with Gasteiger partial charge in [0.2, 0.25) is 0 Å². The molecule has 0 spiro atoms. The Hall–Kier alpha value is -1.26. The van der Waals surface area contributed by atoms with Crippen LogP contribution in [0.15, 0.2) is 30.5 Å². The van der Waals surface area contributed by atoms with E-state index in [4.69, 9.17) is 0 Å². The minimum Gasteiger partial charge on any atom is -0.616 e. The summed E-state index contributed by atoms with van der Waals surface area (Å²) >= 11 is -0.970. The lowest BCUT2D eigenvalue weighted by molar-refractivity contribution is 0.475. The third kappa shape index (κ3) is 2.06. The molecule has 1 atom stereocenters. The highest BCUT2D eigenvalue weighted by Crippen LogP contribution is 2.27. The van der Waals surface area contributed by atoms with Gasteiger partial charge in [0.05, 0.1) is 17.3 Å². The minimum atomic E-state index is -0.970. The molecule has 1 heterocycles. The van der Waals surface area contributed by atoms with Crippen molar-refractivity contribution in [1.29, 1.82) is 0 Å². The Balaban J connectivity index is 2.55. The largest absolute Gasteiger partial charge is 0.616 e. The molecular formula is C11H11NO2S. The third-order valence-electron chi connectivity index (χ3n) is 2.18. The Morgan fingerprint density at radius 3 is 2.87 bits per heavy atom. The van der Waals surface area contributed by atoms with Gasteiger partial charge < -0.3 is 9.66 Å². The first-order chi connectivity index (χ1) is 7.18. The molecule has 2 rings (SSSR count). The van der Waals surface area contributed by atoms with E-state index in [1.807, 2.05) is 18.2 Å². The Kier molecular flexibility index (Phi) is 2.79. The summed E-state index contributed by atoms with van der Waals surface area (Å²) < 4.78 is 11.1. The van der Waals surface area contributed by atoms with Crippen LogP contribution in [-0.2, 0) is 16.9 Å². The van der Waals surface area contributed by atoms with Gasteiger partial charge in [-0.15, -0.1) is 0 Å². The van der Waals surface area contributed by atoms with E-state index in [9.17, 15) is 9.66 Å². The van der Waals surface area contributed by atoms with Crippen molar-refractivity contribution in [3.05, 3.63) is 36.0 Å². The first kappa shape index (κ1) is 10.3. The molecule has 0 aliphatic carbocycles. The standard InChI is InChI=1S/C11H11NO2S/c1-15(14)7-8-6-12-10-5-3-2-4-9(10)11(8)13/h2-6H,7H2,1H3,(H,12,13). The Morgan fingerprint density at radius 2 is 2.13 bits per heavy atom. The van der Waals surface area contributed by atoms with E-state index in [1.165, 1.54) is 0 Å². The molecule has 1 N–H and O–H groups in total. The van der Waals surface area contributed by atoms with Crippen molar-refractivity contribution in [2.75, 3.05) is 6.26 Å². The van der Waals surface area contributed by atoms with Crippen LogP contribution < -0.4 is 0 Å². The predicted octanol–water partition coefficient (Wildman–Crippen LogP) is 1.82. The van der Waals surface area contributed by atoms with Crippen molar-refractivity contribution in [3.63, 3.8) is 0 Å².